The van der Waals surface area contributed by atoms with Crippen LogP contribution in [0.3, 0.4) is 0 Å². The summed E-state index contributed by atoms with van der Waals surface area (Å²) in [5.74, 6) is -0.626. The second kappa shape index (κ2) is 7.71. The fourth-order valence-corrected chi connectivity index (χ4v) is 5.30. The van der Waals surface area contributed by atoms with Crippen molar-refractivity contribution >= 4 is 34.1 Å². The van der Waals surface area contributed by atoms with Crippen molar-refractivity contribution in [3.05, 3.63) is 93.8 Å². The number of aromatic nitrogens is 1. The standard InChI is InChI=1S/C25H23N3O2S/c1-27-15-20(17-9-5-6-12-21(17)27)23-22(24(29)26-14-16-8-7-13-31-16)18-10-3-4-11-19(18)25(30)28(23)2/h3-13,15,22-23H,14H2,1-2H3,(H,26,29). The minimum atomic E-state index is -0.496. The van der Waals surface area contributed by atoms with Gasteiger partial charge in [0.15, 0.2) is 0 Å². The molecule has 0 spiro atoms. The van der Waals surface area contributed by atoms with Crippen LogP contribution in [0.4, 0.5) is 0 Å². The maximum Gasteiger partial charge on any atom is 0.254 e. The summed E-state index contributed by atoms with van der Waals surface area (Å²) in [6, 6.07) is 19.2. The molecule has 0 saturated carbocycles. The van der Waals surface area contributed by atoms with Crippen LogP contribution in [-0.4, -0.2) is 28.3 Å². The Bertz CT molecular complexity index is 1280. The van der Waals surface area contributed by atoms with Crippen molar-refractivity contribution in [2.45, 2.75) is 18.5 Å². The van der Waals surface area contributed by atoms with E-state index in [0.29, 0.717) is 12.1 Å². The second-order valence-corrected chi connectivity index (χ2v) is 8.97. The van der Waals surface area contributed by atoms with Crippen molar-refractivity contribution in [3.8, 4) is 0 Å². The number of hydrogen-bond donors (Lipinski definition) is 1. The van der Waals surface area contributed by atoms with Crippen LogP contribution in [0.1, 0.15) is 38.3 Å². The lowest BCUT2D eigenvalue weighted by atomic mass is 9.79. The van der Waals surface area contributed by atoms with Crippen molar-refractivity contribution in [3.63, 3.8) is 0 Å². The van der Waals surface area contributed by atoms with Gasteiger partial charge in [-0.1, -0.05) is 42.5 Å². The summed E-state index contributed by atoms with van der Waals surface area (Å²) in [5.41, 5.74) is 3.44. The molecule has 0 saturated heterocycles. The molecule has 2 aromatic heterocycles. The highest BCUT2D eigenvalue weighted by Gasteiger charge is 2.43. The van der Waals surface area contributed by atoms with Crippen LogP contribution >= 0.6 is 11.3 Å². The zero-order valence-corrected chi connectivity index (χ0v) is 18.2. The molecule has 2 amide bonds. The van der Waals surface area contributed by atoms with Gasteiger partial charge >= 0.3 is 0 Å². The normalized spacial score (nSPS) is 18.3. The Kier molecular flexibility index (Phi) is 4.87. The molecule has 1 N–H and O–H groups in total. The highest BCUT2D eigenvalue weighted by atomic mass is 32.1. The van der Waals surface area contributed by atoms with Crippen LogP contribution < -0.4 is 5.32 Å². The average molecular weight is 430 g/mol. The van der Waals surface area contributed by atoms with Gasteiger partial charge in [-0.25, -0.2) is 0 Å². The van der Waals surface area contributed by atoms with E-state index >= 15 is 0 Å². The molecule has 3 heterocycles. The Labute approximate surface area is 184 Å². The molecule has 2 unspecified atom stereocenters. The summed E-state index contributed by atoms with van der Waals surface area (Å²) >= 11 is 1.62. The highest BCUT2D eigenvalue weighted by molar-refractivity contribution is 7.09. The molecular weight excluding hydrogens is 406 g/mol. The van der Waals surface area contributed by atoms with Gasteiger partial charge in [0.1, 0.15) is 0 Å². The maximum absolute atomic E-state index is 13.6. The van der Waals surface area contributed by atoms with Gasteiger partial charge in [0.05, 0.1) is 18.5 Å². The molecule has 0 aliphatic carbocycles. The lowest BCUT2D eigenvalue weighted by molar-refractivity contribution is -0.124. The van der Waals surface area contributed by atoms with E-state index in [9.17, 15) is 9.59 Å². The maximum atomic E-state index is 13.6. The third-order valence-corrected chi connectivity index (χ3v) is 7.00. The van der Waals surface area contributed by atoms with Crippen molar-refractivity contribution in [2.24, 2.45) is 7.05 Å². The largest absolute Gasteiger partial charge is 0.351 e. The van der Waals surface area contributed by atoms with Gasteiger partial charge in [-0.3, -0.25) is 9.59 Å². The molecular formula is C25H23N3O2S. The van der Waals surface area contributed by atoms with Gasteiger partial charge in [-0.2, -0.15) is 0 Å². The van der Waals surface area contributed by atoms with Crippen molar-refractivity contribution in [1.29, 1.82) is 0 Å². The molecule has 5 nitrogen and oxygen atoms in total. The van der Waals surface area contributed by atoms with E-state index in [1.165, 1.54) is 0 Å². The number of rotatable bonds is 4. The molecule has 5 rings (SSSR count). The molecule has 6 heteroatoms. The first kappa shape index (κ1) is 19.6. The van der Waals surface area contributed by atoms with Crippen molar-refractivity contribution < 1.29 is 9.59 Å². The predicted molar refractivity (Wildman–Crippen MR) is 123 cm³/mol. The smallest absolute Gasteiger partial charge is 0.254 e. The molecule has 0 radical (unpaired) electrons. The SMILES string of the molecule is CN1C(=O)c2ccccc2C(C(=O)NCc2cccs2)C1c1cn(C)c2ccccc12. The number of carbonyl (C=O) groups is 2. The van der Waals surface area contributed by atoms with Crippen LogP contribution in [0.5, 0.6) is 0 Å². The number of nitrogens with zero attached hydrogens (tertiary/aromatic N) is 2. The van der Waals surface area contributed by atoms with E-state index in [1.54, 1.807) is 23.3 Å². The number of benzene rings is 2. The number of nitrogens with one attached hydrogen (secondary N) is 1. The van der Waals surface area contributed by atoms with Gasteiger partial charge in [-0.05, 0) is 29.1 Å². The minimum Gasteiger partial charge on any atom is -0.351 e. The topological polar surface area (TPSA) is 54.3 Å². The fraction of sp³-hybridized carbons (Fsp3) is 0.200. The van der Waals surface area contributed by atoms with Gasteiger partial charge in [0.2, 0.25) is 5.91 Å². The van der Waals surface area contributed by atoms with Gasteiger partial charge in [0.25, 0.3) is 5.91 Å². The predicted octanol–water partition coefficient (Wildman–Crippen LogP) is 4.47. The van der Waals surface area contributed by atoms with Gasteiger partial charge in [0, 0.05) is 47.2 Å². The number of thiophene rings is 1. The van der Waals surface area contributed by atoms with Gasteiger partial charge in [-0.15, -0.1) is 11.3 Å². The number of amides is 2. The first-order valence-electron chi connectivity index (χ1n) is 10.3. The summed E-state index contributed by atoms with van der Waals surface area (Å²) < 4.78 is 2.06. The molecule has 4 aromatic rings. The first-order valence-corrected chi connectivity index (χ1v) is 11.1. The summed E-state index contributed by atoms with van der Waals surface area (Å²) in [6.07, 6.45) is 2.05. The molecule has 1 aliphatic heterocycles. The number of carbonyl (C=O) groups excluding carboxylic acids is 2. The van der Waals surface area contributed by atoms with E-state index in [1.807, 2.05) is 67.2 Å². The Morgan fingerprint density at radius 1 is 1.00 bits per heavy atom. The van der Waals surface area contributed by atoms with Crippen molar-refractivity contribution in [1.82, 2.24) is 14.8 Å². The molecule has 1 aliphatic rings. The van der Waals surface area contributed by atoms with E-state index in [2.05, 4.69) is 22.0 Å². The Morgan fingerprint density at radius 3 is 2.58 bits per heavy atom. The summed E-state index contributed by atoms with van der Waals surface area (Å²) in [4.78, 5) is 29.7. The van der Waals surface area contributed by atoms with Crippen LogP contribution in [0.25, 0.3) is 10.9 Å². The quantitative estimate of drug-likeness (QED) is 0.521. The molecule has 0 bridgehead atoms. The van der Waals surface area contributed by atoms with Crippen LogP contribution in [-0.2, 0) is 18.4 Å². The summed E-state index contributed by atoms with van der Waals surface area (Å²) in [5, 5.41) is 6.18. The van der Waals surface area contributed by atoms with Crippen LogP contribution in [0.2, 0.25) is 0 Å². The Hall–Kier alpha value is -3.38. The monoisotopic (exact) mass is 429 g/mol. The zero-order chi connectivity index (χ0) is 21.5. The fourth-order valence-electron chi connectivity index (χ4n) is 4.65. The zero-order valence-electron chi connectivity index (χ0n) is 17.4. The lowest BCUT2D eigenvalue weighted by Crippen LogP contribution is -2.45. The molecule has 0 fully saturated rings. The number of likely N-dealkylation sites (N-methyl/N-ethyl adjacent to an activating group) is 1. The van der Waals surface area contributed by atoms with E-state index in [4.69, 9.17) is 0 Å². The number of para-hydroxylation sites is 1. The third-order valence-electron chi connectivity index (χ3n) is 6.13. The first-order chi connectivity index (χ1) is 15.1. The molecule has 31 heavy (non-hydrogen) atoms. The molecule has 2 aromatic carbocycles. The van der Waals surface area contributed by atoms with E-state index in [0.717, 1.165) is 26.9 Å². The highest BCUT2D eigenvalue weighted by Crippen LogP contribution is 2.44. The van der Waals surface area contributed by atoms with Crippen LogP contribution in [0.15, 0.2) is 72.2 Å². The van der Waals surface area contributed by atoms with E-state index < -0.39 is 12.0 Å². The number of fused-ring (bicyclic) bond motifs is 2. The lowest BCUT2D eigenvalue weighted by Gasteiger charge is -2.39. The average Bonchev–Trinajstić information content (AvgIpc) is 3.43. The minimum absolute atomic E-state index is 0.0594. The second-order valence-electron chi connectivity index (χ2n) is 7.94. The number of hydrogen-bond acceptors (Lipinski definition) is 3. The Morgan fingerprint density at radius 2 is 1.77 bits per heavy atom. The molecule has 2 atom stereocenters. The third kappa shape index (κ3) is 3.24. The molecule has 156 valence electrons. The van der Waals surface area contributed by atoms with Crippen molar-refractivity contribution in [2.75, 3.05) is 7.05 Å². The van der Waals surface area contributed by atoms with Crippen LogP contribution in [0, 0.1) is 0 Å². The Balaban J connectivity index is 1.63. The van der Waals surface area contributed by atoms with Gasteiger partial charge < -0.3 is 14.8 Å². The van der Waals surface area contributed by atoms with E-state index in [-0.39, 0.29) is 11.8 Å². The summed E-state index contributed by atoms with van der Waals surface area (Å²) in [6.45, 7) is 0.481. The number of aryl methyl sites for hydroxylation is 1. The summed E-state index contributed by atoms with van der Waals surface area (Å²) in [7, 11) is 3.79.